The summed E-state index contributed by atoms with van der Waals surface area (Å²) in [4.78, 5) is 4.39. The number of fused-ring (bicyclic) bond motifs is 1. The van der Waals surface area contributed by atoms with Gasteiger partial charge in [-0.15, -0.1) is 0 Å². The van der Waals surface area contributed by atoms with Crippen molar-refractivity contribution in [2.24, 2.45) is 0 Å². The van der Waals surface area contributed by atoms with Crippen molar-refractivity contribution in [3.63, 3.8) is 0 Å². The van der Waals surface area contributed by atoms with Crippen molar-refractivity contribution in [3.05, 3.63) is 58.0 Å². The van der Waals surface area contributed by atoms with Gasteiger partial charge in [0.2, 0.25) is 0 Å². The van der Waals surface area contributed by atoms with Gasteiger partial charge < -0.3 is 24.8 Å². The van der Waals surface area contributed by atoms with Gasteiger partial charge in [0.1, 0.15) is 0 Å². The first-order valence-corrected chi connectivity index (χ1v) is 7.79. The molecule has 0 radical (unpaired) electrons. The quantitative estimate of drug-likeness (QED) is 0.594. The van der Waals surface area contributed by atoms with Crippen LogP contribution in [0.25, 0.3) is 10.9 Å². The second kappa shape index (κ2) is 7.84. The summed E-state index contributed by atoms with van der Waals surface area (Å²) in [5.74, 6) is 0.933. The number of hydrogen-bond acceptors (Lipinski definition) is 2. The van der Waals surface area contributed by atoms with E-state index in [2.05, 4.69) is 35.3 Å². The third kappa shape index (κ3) is 3.92. The molecule has 0 N–H and O–H groups in total. The van der Waals surface area contributed by atoms with Crippen molar-refractivity contribution >= 4 is 10.9 Å². The Morgan fingerprint density at radius 1 is 1.11 bits per heavy atom. The van der Waals surface area contributed by atoms with Crippen molar-refractivity contribution in [1.82, 2.24) is 4.98 Å². The van der Waals surface area contributed by atoms with Gasteiger partial charge in [-0.3, -0.25) is 0 Å². The largest absolute Gasteiger partial charge is 1.00 e. The summed E-state index contributed by atoms with van der Waals surface area (Å²) in [6.07, 6.45) is 9.37. The predicted octanol–water partition coefficient (Wildman–Crippen LogP) is -2.54. The summed E-state index contributed by atoms with van der Waals surface area (Å²) in [5, 5.41) is 1.14. The van der Waals surface area contributed by atoms with E-state index in [1.54, 1.807) is 0 Å². The van der Waals surface area contributed by atoms with E-state index in [1.807, 2.05) is 24.4 Å². The van der Waals surface area contributed by atoms with Crippen molar-refractivity contribution < 1.29 is 51.3 Å². The minimum absolute atomic E-state index is 0. The Morgan fingerprint density at radius 2 is 1.95 bits per heavy atom. The molecule has 2 nitrogen and oxygen atoms in total. The van der Waals surface area contributed by atoms with Crippen LogP contribution in [0.4, 0.5) is 0 Å². The van der Waals surface area contributed by atoms with Crippen molar-refractivity contribution in [2.45, 2.75) is 6.42 Å². The average molecular weight is 371 g/mol. The Bertz CT molecular complexity index is 608. The zero-order chi connectivity index (χ0) is 11.5. The number of nitrogens with zero attached hydrogens (tertiary/aromatic N) is 1. The summed E-state index contributed by atoms with van der Waals surface area (Å²) < 4.78 is 7.48. The van der Waals surface area contributed by atoms with E-state index in [0.717, 1.165) is 23.1 Å². The molecule has 5 heteroatoms. The van der Waals surface area contributed by atoms with Crippen LogP contribution in [-0.4, -0.2) is 4.98 Å². The molecule has 1 heterocycles. The Morgan fingerprint density at radius 3 is 2.74 bits per heavy atom. The molecule has 1 aliphatic rings. The molecular weight excluding hydrogens is 360 g/mol. The maximum atomic E-state index is 6.00. The fourth-order valence-corrected chi connectivity index (χ4v) is 3.70. The van der Waals surface area contributed by atoms with E-state index in [0.29, 0.717) is 0 Å². The molecule has 1 aromatic carbocycles. The van der Waals surface area contributed by atoms with Crippen LogP contribution in [0.2, 0.25) is 0 Å². The number of pyridine rings is 1. The van der Waals surface area contributed by atoms with Gasteiger partial charge in [0.15, 0.2) is 0 Å². The molecule has 19 heavy (non-hydrogen) atoms. The monoisotopic (exact) mass is 369 g/mol. The van der Waals surface area contributed by atoms with E-state index < -0.39 is 23.7 Å². The van der Waals surface area contributed by atoms with Gasteiger partial charge in [0.25, 0.3) is 0 Å². The van der Waals surface area contributed by atoms with Crippen LogP contribution < -0.4 is 27.6 Å². The maximum Gasteiger partial charge on any atom is -1.00 e. The molecule has 0 bridgehead atoms. The molecule has 2 aromatic rings. The van der Waals surface area contributed by atoms with Crippen LogP contribution in [0.3, 0.4) is 0 Å². The zero-order valence-electron chi connectivity index (χ0n) is 10.0. The topological polar surface area (TPSA) is 22.1 Å². The van der Waals surface area contributed by atoms with Crippen LogP contribution in [0, 0.1) is 0 Å². The van der Waals surface area contributed by atoms with Crippen molar-refractivity contribution in [1.29, 1.82) is 0 Å². The number of hydrogen-bond donors (Lipinski definition) is 0. The SMILES string of the molecule is C1=CC[C]([Zr+2][O]c2cccc3cccnc23)=C1.[Cl-].[Cl-]. The number of para-hydroxylation sites is 1. The third-order valence-corrected chi connectivity index (χ3v) is 5.01. The summed E-state index contributed by atoms with van der Waals surface area (Å²) >= 11 is -0.927. The van der Waals surface area contributed by atoms with Gasteiger partial charge in [-0.2, -0.15) is 0 Å². The smallest absolute Gasteiger partial charge is 1.00 e. The van der Waals surface area contributed by atoms with Gasteiger partial charge in [-0.1, -0.05) is 0 Å². The normalized spacial score (nSPS) is 12.1. The molecule has 0 atom stereocenters. The standard InChI is InChI=1S/C9H7NO.C5H5.2ClH.Zr/c11-8-5-1-3-7-4-2-6-10-9(7)8;1-2-4-5-3-1;;;/h1-6,11H;1-3H,4H2;2*1H;/q;;;;+3/p-3. The first-order valence-electron chi connectivity index (χ1n) is 5.56. The number of halogens is 2. The second-order valence-corrected chi connectivity index (χ2v) is 6.44. The molecule has 1 aromatic heterocycles. The number of rotatable bonds is 3. The Balaban J connectivity index is 0.000000902. The molecule has 1 aliphatic carbocycles. The molecule has 0 amide bonds. The Kier molecular flexibility index (Phi) is 6.78. The van der Waals surface area contributed by atoms with Crippen LogP contribution in [0.5, 0.6) is 5.75 Å². The molecule has 0 saturated carbocycles. The van der Waals surface area contributed by atoms with Gasteiger partial charge in [-0.25, -0.2) is 0 Å². The van der Waals surface area contributed by atoms with E-state index in [1.165, 1.54) is 3.28 Å². The Labute approximate surface area is 137 Å². The molecule has 96 valence electrons. The van der Waals surface area contributed by atoms with Crippen LogP contribution >= 0.6 is 0 Å². The van der Waals surface area contributed by atoms with Crippen molar-refractivity contribution in [3.8, 4) is 5.75 Å². The van der Waals surface area contributed by atoms with Gasteiger partial charge in [0.05, 0.1) is 0 Å². The molecule has 0 saturated heterocycles. The summed E-state index contributed by atoms with van der Waals surface area (Å²) in [6, 6.07) is 10.1. The van der Waals surface area contributed by atoms with E-state index in [-0.39, 0.29) is 24.8 Å². The predicted molar refractivity (Wildman–Crippen MR) is 64.2 cm³/mol. The van der Waals surface area contributed by atoms with E-state index in [4.69, 9.17) is 2.81 Å². The summed E-state index contributed by atoms with van der Waals surface area (Å²) in [5.41, 5.74) is 0.974. The summed E-state index contributed by atoms with van der Waals surface area (Å²) in [7, 11) is 0. The molecule has 0 unspecified atom stereocenters. The maximum absolute atomic E-state index is 6.00. The van der Waals surface area contributed by atoms with Crippen LogP contribution in [0.1, 0.15) is 6.42 Å². The Hall–Kier alpha value is -0.627. The first-order chi connectivity index (χ1) is 8.43. The minimum Gasteiger partial charge on any atom is -1.00 e. The molecule has 0 spiro atoms. The average Bonchev–Trinajstić information content (AvgIpc) is 2.89. The fraction of sp³-hybridized carbons (Fsp3) is 0.0714. The van der Waals surface area contributed by atoms with Crippen LogP contribution in [-0.2, 0) is 23.7 Å². The summed E-state index contributed by atoms with van der Waals surface area (Å²) in [6.45, 7) is 0. The van der Waals surface area contributed by atoms with Crippen LogP contribution in [0.15, 0.2) is 58.0 Å². The molecule has 0 fully saturated rings. The minimum atomic E-state index is -0.927. The van der Waals surface area contributed by atoms with Gasteiger partial charge >= 0.3 is 113 Å². The second-order valence-electron chi connectivity index (χ2n) is 3.86. The fourth-order valence-electron chi connectivity index (χ4n) is 1.80. The van der Waals surface area contributed by atoms with Gasteiger partial charge in [0, 0.05) is 0 Å². The third-order valence-electron chi connectivity index (χ3n) is 2.66. The molecule has 3 rings (SSSR count). The van der Waals surface area contributed by atoms with E-state index in [9.17, 15) is 0 Å². The van der Waals surface area contributed by atoms with Crippen molar-refractivity contribution in [2.75, 3.05) is 0 Å². The van der Waals surface area contributed by atoms with Gasteiger partial charge in [-0.05, 0) is 0 Å². The van der Waals surface area contributed by atoms with E-state index >= 15 is 0 Å². The number of allylic oxidation sites excluding steroid dienone is 4. The number of aromatic nitrogens is 1. The first kappa shape index (κ1) is 16.4. The molecular formula is C14H11Cl2NOZr. The zero-order valence-corrected chi connectivity index (χ0v) is 14.0. The molecule has 0 aliphatic heterocycles. The number of benzene rings is 1.